The molecule has 0 fully saturated rings. The first-order chi connectivity index (χ1) is 5.27. The van der Waals surface area contributed by atoms with Gasteiger partial charge in [0, 0.05) is 0 Å². The van der Waals surface area contributed by atoms with Gasteiger partial charge in [0.1, 0.15) is 6.04 Å². The summed E-state index contributed by atoms with van der Waals surface area (Å²) in [4.78, 5) is 0. The monoisotopic (exact) mass is 151 g/mol. The van der Waals surface area contributed by atoms with Crippen LogP contribution in [0.5, 0.6) is 0 Å². The van der Waals surface area contributed by atoms with Crippen molar-refractivity contribution in [3.8, 4) is 6.07 Å². The zero-order valence-corrected chi connectivity index (χ0v) is 6.23. The summed E-state index contributed by atoms with van der Waals surface area (Å²) in [5.41, 5.74) is 5.32. The average Bonchev–Trinajstić information content (AvgIpc) is 2.39. The van der Waals surface area contributed by atoms with Crippen LogP contribution in [-0.4, -0.2) is 15.0 Å². The Morgan fingerprint density at radius 3 is 3.00 bits per heavy atom. The van der Waals surface area contributed by atoms with Gasteiger partial charge in [0.2, 0.25) is 0 Å². The van der Waals surface area contributed by atoms with Crippen LogP contribution in [0.2, 0.25) is 0 Å². The highest BCUT2D eigenvalue weighted by molar-refractivity contribution is 5.20. The summed E-state index contributed by atoms with van der Waals surface area (Å²) < 4.78 is 1.47. The van der Waals surface area contributed by atoms with E-state index in [2.05, 4.69) is 16.4 Å². The van der Waals surface area contributed by atoms with Crippen LogP contribution in [-0.2, 0) is 0 Å². The third-order valence-corrected chi connectivity index (χ3v) is 1.38. The molecule has 11 heavy (non-hydrogen) atoms. The van der Waals surface area contributed by atoms with Crippen molar-refractivity contribution in [2.75, 3.05) is 5.73 Å². The number of nitriles is 1. The molecule has 0 saturated heterocycles. The Kier molecular flexibility index (Phi) is 2.06. The van der Waals surface area contributed by atoms with Crippen molar-refractivity contribution in [2.24, 2.45) is 0 Å². The van der Waals surface area contributed by atoms with Crippen LogP contribution in [0.4, 0.5) is 5.82 Å². The number of nitrogen functional groups attached to an aromatic ring is 1. The molecule has 0 saturated carbocycles. The molecule has 0 amide bonds. The summed E-state index contributed by atoms with van der Waals surface area (Å²) in [5.74, 6) is 0.346. The number of anilines is 1. The van der Waals surface area contributed by atoms with Gasteiger partial charge in [-0.05, 0) is 6.42 Å². The zero-order valence-electron chi connectivity index (χ0n) is 6.23. The highest BCUT2D eigenvalue weighted by Crippen LogP contribution is 2.08. The Morgan fingerprint density at radius 2 is 2.64 bits per heavy atom. The van der Waals surface area contributed by atoms with Gasteiger partial charge in [0.15, 0.2) is 5.82 Å². The molecule has 58 valence electrons. The van der Waals surface area contributed by atoms with E-state index in [4.69, 9.17) is 11.0 Å². The Hall–Kier alpha value is -1.57. The van der Waals surface area contributed by atoms with E-state index < -0.39 is 0 Å². The van der Waals surface area contributed by atoms with Gasteiger partial charge in [-0.3, -0.25) is 0 Å². The number of nitrogens with two attached hydrogens (primary N) is 1. The van der Waals surface area contributed by atoms with Gasteiger partial charge in [0.05, 0.1) is 12.3 Å². The summed E-state index contributed by atoms with van der Waals surface area (Å²) in [6.45, 7) is 1.91. The normalized spacial score (nSPS) is 12.4. The standard InChI is InChI=1S/C6H9N5/c1-2-5(3-7)11-4-6(8)9-10-11/h4-5H,2,8H2,1H3. The fourth-order valence-electron chi connectivity index (χ4n) is 0.780. The zero-order chi connectivity index (χ0) is 8.27. The fourth-order valence-corrected chi connectivity index (χ4v) is 0.780. The molecule has 0 radical (unpaired) electrons. The molecule has 1 aromatic heterocycles. The van der Waals surface area contributed by atoms with Gasteiger partial charge in [-0.15, -0.1) is 5.10 Å². The molecule has 0 aliphatic carbocycles. The van der Waals surface area contributed by atoms with E-state index in [0.29, 0.717) is 12.2 Å². The third kappa shape index (κ3) is 1.46. The molecule has 1 heterocycles. The predicted molar refractivity (Wildman–Crippen MR) is 39.4 cm³/mol. The highest BCUT2D eigenvalue weighted by atomic mass is 15.4. The number of hydrogen-bond acceptors (Lipinski definition) is 4. The molecule has 0 bridgehead atoms. The minimum Gasteiger partial charge on any atom is -0.381 e. The van der Waals surface area contributed by atoms with Crippen molar-refractivity contribution in [3.05, 3.63) is 6.20 Å². The predicted octanol–water partition coefficient (Wildman–Crippen LogP) is 0.335. The molecule has 0 aliphatic rings. The van der Waals surface area contributed by atoms with Crippen molar-refractivity contribution in [1.82, 2.24) is 15.0 Å². The van der Waals surface area contributed by atoms with Crippen LogP contribution in [0, 0.1) is 11.3 Å². The molecule has 1 aromatic rings. The summed E-state index contributed by atoms with van der Waals surface area (Å²) >= 11 is 0. The summed E-state index contributed by atoms with van der Waals surface area (Å²) in [7, 11) is 0. The number of aromatic nitrogens is 3. The second kappa shape index (κ2) is 3.01. The van der Waals surface area contributed by atoms with E-state index >= 15 is 0 Å². The Balaban J connectivity index is 2.84. The Bertz CT molecular complexity index is 271. The summed E-state index contributed by atoms with van der Waals surface area (Å²) in [6, 6.07) is 1.84. The Morgan fingerprint density at radius 1 is 1.91 bits per heavy atom. The lowest BCUT2D eigenvalue weighted by Gasteiger charge is -2.02. The van der Waals surface area contributed by atoms with Crippen LogP contribution in [0.3, 0.4) is 0 Å². The maximum atomic E-state index is 8.61. The van der Waals surface area contributed by atoms with E-state index in [0.717, 1.165) is 0 Å². The highest BCUT2D eigenvalue weighted by Gasteiger charge is 2.07. The SMILES string of the molecule is CCC(C#N)n1cc(N)nn1. The van der Waals surface area contributed by atoms with Crippen LogP contribution in [0.15, 0.2) is 6.20 Å². The smallest absolute Gasteiger partial charge is 0.166 e. The van der Waals surface area contributed by atoms with Crippen LogP contribution >= 0.6 is 0 Å². The van der Waals surface area contributed by atoms with E-state index in [-0.39, 0.29) is 6.04 Å². The molecular weight excluding hydrogens is 142 g/mol. The quantitative estimate of drug-likeness (QED) is 0.660. The van der Waals surface area contributed by atoms with Gasteiger partial charge in [-0.1, -0.05) is 12.1 Å². The molecule has 1 atom stereocenters. The molecule has 5 heteroatoms. The maximum absolute atomic E-state index is 8.61. The van der Waals surface area contributed by atoms with E-state index in [9.17, 15) is 0 Å². The first-order valence-electron chi connectivity index (χ1n) is 3.34. The first-order valence-corrected chi connectivity index (χ1v) is 3.34. The second-order valence-corrected chi connectivity index (χ2v) is 2.18. The number of rotatable bonds is 2. The van der Waals surface area contributed by atoms with E-state index in [1.54, 1.807) is 6.20 Å². The lowest BCUT2D eigenvalue weighted by atomic mass is 10.3. The molecule has 0 aliphatic heterocycles. The lowest BCUT2D eigenvalue weighted by molar-refractivity contribution is 0.517. The fraction of sp³-hybridized carbons (Fsp3) is 0.500. The van der Waals surface area contributed by atoms with E-state index in [1.165, 1.54) is 4.68 Å². The molecule has 2 N–H and O–H groups in total. The minimum absolute atomic E-state index is 0.250. The average molecular weight is 151 g/mol. The number of hydrogen-bond donors (Lipinski definition) is 1. The van der Waals surface area contributed by atoms with Gasteiger partial charge in [-0.2, -0.15) is 5.26 Å². The third-order valence-electron chi connectivity index (χ3n) is 1.38. The van der Waals surface area contributed by atoms with Crippen molar-refractivity contribution in [1.29, 1.82) is 5.26 Å². The molecule has 5 nitrogen and oxygen atoms in total. The van der Waals surface area contributed by atoms with Gasteiger partial charge < -0.3 is 5.73 Å². The second-order valence-electron chi connectivity index (χ2n) is 2.18. The summed E-state index contributed by atoms with van der Waals surface area (Å²) in [5, 5.41) is 15.9. The van der Waals surface area contributed by atoms with Crippen LogP contribution in [0.25, 0.3) is 0 Å². The van der Waals surface area contributed by atoms with Crippen molar-refractivity contribution < 1.29 is 0 Å². The molecule has 0 aromatic carbocycles. The largest absolute Gasteiger partial charge is 0.381 e. The molecule has 0 spiro atoms. The van der Waals surface area contributed by atoms with Gasteiger partial charge >= 0.3 is 0 Å². The van der Waals surface area contributed by atoms with Crippen molar-refractivity contribution in [3.63, 3.8) is 0 Å². The lowest BCUT2D eigenvalue weighted by Crippen LogP contribution is -2.05. The van der Waals surface area contributed by atoms with Gasteiger partial charge in [-0.25, -0.2) is 4.68 Å². The number of nitrogens with zero attached hydrogens (tertiary/aromatic N) is 4. The topological polar surface area (TPSA) is 80.5 Å². The molecule has 1 rings (SSSR count). The van der Waals surface area contributed by atoms with E-state index in [1.807, 2.05) is 6.92 Å². The first kappa shape index (κ1) is 7.54. The van der Waals surface area contributed by atoms with Gasteiger partial charge in [0.25, 0.3) is 0 Å². The summed E-state index contributed by atoms with van der Waals surface area (Å²) in [6.07, 6.45) is 2.26. The van der Waals surface area contributed by atoms with Crippen molar-refractivity contribution in [2.45, 2.75) is 19.4 Å². The molecular formula is C6H9N5. The van der Waals surface area contributed by atoms with Crippen LogP contribution < -0.4 is 5.73 Å². The minimum atomic E-state index is -0.250. The Labute approximate surface area is 64.4 Å². The van der Waals surface area contributed by atoms with Crippen molar-refractivity contribution >= 4 is 5.82 Å². The molecule has 1 unspecified atom stereocenters. The van der Waals surface area contributed by atoms with Crippen LogP contribution in [0.1, 0.15) is 19.4 Å². The maximum Gasteiger partial charge on any atom is 0.166 e.